The van der Waals surface area contributed by atoms with Gasteiger partial charge in [-0.1, -0.05) is 6.07 Å². The summed E-state index contributed by atoms with van der Waals surface area (Å²) in [5, 5.41) is 19.5. The molecule has 2 N–H and O–H groups in total. The average molecular weight is 383 g/mol. The molecule has 138 valence electrons. The van der Waals surface area contributed by atoms with Crippen LogP contribution in [-0.2, 0) is 6.42 Å². The Morgan fingerprint density at radius 3 is 2.56 bits per heavy atom. The maximum absolute atomic E-state index is 11.6. The molecule has 0 saturated heterocycles. The van der Waals surface area contributed by atoms with Crippen LogP contribution < -0.4 is 10.6 Å². The van der Waals surface area contributed by atoms with E-state index in [0.29, 0.717) is 17.8 Å². The van der Waals surface area contributed by atoms with Crippen LogP contribution in [0.1, 0.15) is 22.2 Å². The van der Waals surface area contributed by atoms with E-state index in [1.165, 1.54) is 18.1 Å². The molecule has 0 unspecified atom stereocenters. The topological polar surface area (TPSA) is 110 Å². The van der Waals surface area contributed by atoms with Gasteiger partial charge in [-0.05, 0) is 49.1 Å². The molecule has 9 heteroatoms. The summed E-state index contributed by atoms with van der Waals surface area (Å²) in [5.41, 5.74) is 0.930. The fraction of sp³-hybridized carbons (Fsp3) is 0.167. The van der Waals surface area contributed by atoms with Crippen molar-refractivity contribution in [3.05, 3.63) is 68.7 Å². The molecule has 2 heterocycles. The number of nitro groups is 1. The molecule has 27 heavy (non-hydrogen) atoms. The van der Waals surface area contributed by atoms with Gasteiger partial charge in [-0.3, -0.25) is 14.9 Å². The zero-order chi connectivity index (χ0) is 19.2. The van der Waals surface area contributed by atoms with E-state index in [9.17, 15) is 14.9 Å². The van der Waals surface area contributed by atoms with Gasteiger partial charge in [-0.2, -0.15) is 0 Å². The van der Waals surface area contributed by atoms with Crippen LogP contribution in [0.25, 0.3) is 0 Å². The van der Waals surface area contributed by atoms with E-state index < -0.39 is 4.92 Å². The van der Waals surface area contributed by atoms with Crippen LogP contribution in [-0.4, -0.2) is 27.2 Å². The number of ketones is 1. The Balaban J connectivity index is 1.78. The van der Waals surface area contributed by atoms with E-state index >= 15 is 0 Å². The fourth-order valence-electron chi connectivity index (χ4n) is 2.46. The van der Waals surface area contributed by atoms with Crippen LogP contribution >= 0.6 is 11.3 Å². The quantitative estimate of drug-likeness (QED) is 0.343. The molecule has 0 fully saturated rings. The first kappa shape index (κ1) is 18.5. The minimum atomic E-state index is -0.514. The number of Topliss-reactive ketones (excluding diaryl/α,β-unsaturated/α-hetero) is 1. The number of benzene rings is 1. The van der Waals surface area contributed by atoms with Gasteiger partial charge >= 0.3 is 5.69 Å². The second-order valence-corrected chi connectivity index (χ2v) is 6.72. The van der Waals surface area contributed by atoms with Gasteiger partial charge in [-0.25, -0.2) is 9.97 Å². The molecule has 0 aliphatic carbocycles. The number of carbonyl (C=O) groups is 1. The molecular formula is C18H17N5O3S. The molecule has 3 rings (SSSR count). The first-order valence-corrected chi connectivity index (χ1v) is 9.06. The van der Waals surface area contributed by atoms with E-state index in [-0.39, 0.29) is 23.1 Å². The van der Waals surface area contributed by atoms with Crippen molar-refractivity contribution in [2.75, 3.05) is 17.2 Å². The highest BCUT2D eigenvalue weighted by Crippen LogP contribution is 2.31. The van der Waals surface area contributed by atoms with Gasteiger partial charge < -0.3 is 10.6 Å². The second-order valence-electron chi connectivity index (χ2n) is 5.69. The lowest BCUT2D eigenvalue weighted by Gasteiger charge is -2.10. The number of thiophene rings is 1. The summed E-state index contributed by atoms with van der Waals surface area (Å²) < 4.78 is 0. The summed E-state index contributed by atoms with van der Waals surface area (Å²) in [6.07, 6.45) is 2.01. The molecule has 0 aliphatic rings. The number of hydrogen-bond acceptors (Lipinski definition) is 8. The normalized spacial score (nSPS) is 10.4. The van der Waals surface area contributed by atoms with Gasteiger partial charge in [0.2, 0.25) is 11.6 Å². The third-order valence-electron chi connectivity index (χ3n) is 3.80. The van der Waals surface area contributed by atoms with Crippen molar-refractivity contribution in [3.63, 3.8) is 0 Å². The fourth-order valence-corrected chi connectivity index (χ4v) is 3.17. The van der Waals surface area contributed by atoms with Crippen molar-refractivity contribution in [2.45, 2.75) is 13.3 Å². The average Bonchev–Trinajstić information content (AvgIpc) is 3.15. The maximum Gasteiger partial charge on any atom is 0.353 e. The number of anilines is 3. The standard InChI is InChI=1S/C18H17N5O3S/c1-12(24)13-4-6-14(7-5-13)22-18-16(23(25)26)17(20-11-21-18)19-9-8-15-3-2-10-27-15/h2-7,10-11H,8-9H2,1H3,(H2,19,20,21,22). The van der Waals surface area contributed by atoms with E-state index in [0.717, 1.165) is 6.42 Å². The highest BCUT2D eigenvalue weighted by molar-refractivity contribution is 7.09. The third kappa shape index (κ3) is 4.64. The predicted octanol–water partition coefficient (Wildman–Crippen LogP) is 4.05. The third-order valence-corrected chi connectivity index (χ3v) is 4.74. The van der Waals surface area contributed by atoms with E-state index in [4.69, 9.17) is 0 Å². The van der Waals surface area contributed by atoms with E-state index in [1.54, 1.807) is 35.6 Å². The van der Waals surface area contributed by atoms with Crippen LogP contribution in [0, 0.1) is 10.1 Å². The Kier molecular flexibility index (Phi) is 5.72. The van der Waals surface area contributed by atoms with Gasteiger partial charge in [0.25, 0.3) is 0 Å². The zero-order valence-corrected chi connectivity index (χ0v) is 15.3. The Hall–Kier alpha value is -3.33. The summed E-state index contributed by atoms with van der Waals surface area (Å²) in [5.74, 6) is 0.199. The molecule has 3 aromatic rings. The number of carbonyl (C=O) groups excluding carboxylic acids is 1. The summed E-state index contributed by atoms with van der Waals surface area (Å²) in [7, 11) is 0. The van der Waals surface area contributed by atoms with Crippen LogP contribution in [0.2, 0.25) is 0 Å². The van der Waals surface area contributed by atoms with Crippen LogP contribution in [0.4, 0.5) is 23.0 Å². The molecule has 0 radical (unpaired) electrons. The van der Waals surface area contributed by atoms with Crippen molar-refractivity contribution >= 4 is 40.1 Å². The SMILES string of the molecule is CC(=O)c1ccc(Nc2ncnc(NCCc3cccs3)c2[N+](=O)[O-])cc1. The molecule has 8 nitrogen and oxygen atoms in total. The van der Waals surface area contributed by atoms with Gasteiger partial charge in [0, 0.05) is 22.7 Å². The molecule has 0 bridgehead atoms. The number of rotatable bonds is 8. The molecule has 0 saturated carbocycles. The lowest BCUT2D eigenvalue weighted by atomic mass is 10.1. The van der Waals surface area contributed by atoms with Crippen molar-refractivity contribution in [1.82, 2.24) is 9.97 Å². The van der Waals surface area contributed by atoms with Gasteiger partial charge in [-0.15, -0.1) is 11.3 Å². The maximum atomic E-state index is 11.6. The van der Waals surface area contributed by atoms with Gasteiger partial charge in [0.05, 0.1) is 4.92 Å². The number of hydrogen-bond donors (Lipinski definition) is 2. The largest absolute Gasteiger partial charge is 0.364 e. The predicted molar refractivity (Wildman–Crippen MR) is 105 cm³/mol. The van der Waals surface area contributed by atoms with Crippen molar-refractivity contribution in [1.29, 1.82) is 0 Å². The molecule has 0 spiro atoms. The summed E-state index contributed by atoms with van der Waals surface area (Å²) in [6.45, 7) is 2.00. The van der Waals surface area contributed by atoms with Gasteiger partial charge in [0.1, 0.15) is 6.33 Å². The molecule has 0 aliphatic heterocycles. The molecule has 0 amide bonds. The van der Waals surface area contributed by atoms with Crippen LogP contribution in [0.15, 0.2) is 48.1 Å². The van der Waals surface area contributed by atoms with Gasteiger partial charge in [0.15, 0.2) is 5.78 Å². The zero-order valence-electron chi connectivity index (χ0n) is 14.5. The minimum Gasteiger partial charge on any atom is -0.364 e. The highest BCUT2D eigenvalue weighted by Gasteiger charge is 2.23. The van der Waals surface area contributed by atoms with Crippen LogP contribution in [0.3, 0.4) is 0 Å². The minimum absolute atomic E-state index is 0.0493. The Bertz CT molecular complexity index is 942. The van der Waals surface area contributed by atoms with Crippen molar-refractivity contribution < 1.29 is 9.72 Å². The highest BCUT2D eigenvalue weighted by atomic mass is 32.1. The number of nitrogens with one attached hydrogen (secondary N) is 2. The lowest BCUT2D eigenvalue weighted by Crippen LogP contribution is -2.10. The van der Waals surface area contributed by atoms with E-state index in [1.807, 2.05) is 17.5 Å². The molecule has 1 aromatic carbocycles. The Labute approximate surface area is 159 Å². The first-order chi connectivity index (χ1) is 13.0. The monoisotopic (exact) mass is 383 g/mol. The van der Waals surface area contributed by atoms with Crippen molar-refractivity contribution in [3.8, 4) is 0 Å². The van der Waals surface area contributed by atoms with Crippen molar-refractivity contribution in [2.24, 2.45) is 0 Å². The second kappa shape index (κ2) is 8.37. The summed E-state index contributed by atoms with van der Waals surface area (Å²) in [4.78, 5) is 31.6. The smallest absolute Gasteiger partial charge is 0.353 e. The van der Waals surface area contributed by atoms with Crippen LogP contribution in [0.5, 0.6) is 0 Å². The molecule has 0 atom stereocenters. The lowest BCUT2D eigenvalue weighted by molar-refractivity contribution is -0.383. The number of aromatic nitrogens is 2. The molecular weight excluding hydrogens is 366 g/mol. The Morgan fingerprint density at radius 2 is 1.93 bits per heavy atom. The Morgan fingerprint density at radius 1 is 1.19 bits per heavy atom. The van der Waals surface area contributed by atoms with E-state index in [2.05, 4.69) is 20.6 Å². The molecule has 2 aromatic heterocycles. The first-order valence-electron chi connectivity index (χ1n) is 8.18. The summed E-state index contributed by atoms with van der Waals surface area (Å²) in [6, 6.07) is 10.6. The number of nitrogens with zero attached hydrogens (tertiary/aromatic N) is 3. The summed E-state index contributed by atoms with van der Waals surface area (Å²) >= 11 is 1.63.